The van der Waals surface area contributed by atoms with Crippen molar-refractivity contribution in [2.45, 2.75) is 12.2 Å². The van der Waals surface area contributed by atoms with E-state index in [0.29, 0.717) is 0 Å². The molecule has 0 atom stereocenters. The third-order valence-corrected chi connectivity index (χ3v) is 1.06. The Balaban J connectivity index is 2.54. The fourth-order valence-corrected chi connectivity index (χ4v) is 0.573. The van der Waals surface area contributed by atoms with E-state index in [4.69, 9.17) is 11.6 Å². The van der Waals surface area contributed by atoms with Gasteiger partial charge in [0, 0.05) is 0 Å². The van der Waals surface area contributed by atoms with Gasteiger partial charge in [-0.2, -0.15) is 0 Å². The zero-order valence-corrected chi connectivity index (χ0v) is 5.56. The highest BCUT2D eigenvalue weighted by atomic mass is 16.2. The molecule has 0 aromatic heterocycles. The van der Waals surface area contributed by atoms with Crippen LogP contribution in [0.15, 0.2) is 20.7 Å². The monoisotopic (exact) mass is 157 g/mol. The number of hydrazine groups is 1. The highest BCUT2D eigenvalue weighted by molar-refractivity contribution is 5.76. The van der Waals surface area contributed by atoms with E-state index in [2.05, 4.69) is 20.7 Å². The summed E-state index contributed by atoms with van der Waals surface area (Å²) in [6, 6.07) is 0. The van der Waals surface area contributed by atoms with E-state index < -0.39 is 11.7 Å². The number of amides is 1. The van der Waals surface area contributed by atoms with Gasteiger partial charge in [-0.3, -0.25) is 16.0 Å². The Morgan fingerprint density at radius 2 is 2.00 bits per heavy atom. The summed E-state index contributed by atoms with van der Waals surface area (Å²) in [6.45, 7) is 0. The number of rotatable bonds is 2. The molecule has 0 radical (unpaired) electrons. The first-order valence-corrected chi connectivity index (χ1v) is 2.79. The quantitative estimate of drug-likeness (QED) is 0.264. The summed E-state index contributed by atoms with van der Waals surface area (Å²) >= 11 is 0. The van der Waals surface area contributed by atoms with Crippen LogP contribution in [0.1, 0.15) is 6.42 Å². The smallest absolute Gasteiger partial charge is 0.253 e. The lowest BCUT2D eigenvalue weighted by Gasteiger charge is -2.10. The summed E-state index contributed by atoms with van der Waals surface area (Å²) in [5.74, 6) is 2.99. The Morgan fingerprint density at radius 1 is 1.45 bits per heavy atom. The highest BCUT2D eigenvalue weighted by Gasteiger charge is 2.30. The minimum Gasteiger partial charge on any atom is -0.294 e. The Labute approximate surface area is 61.7 Å². The molecule has 0 aliphatic carbocycles. The van der Waals surface area contributed by atoms with Gasteiger partial charge in [-0.05, 0) is 10.4 Å². The van der Waals surface area contributed by atoms with Gasteiger partial charge in [-0.25, -0.2) is 5.84 Å². The maximum atomic E-state index is 10.7. The SMILES string of the molecule is NNC(=O)CC1(N)N=NN=N1. The van der Waals surface area contributed by atoms with Crippen LogP contribution in [0.5, 0.6) is 0 Å². The van der Waals surface area contributed by atoms with Crippen LogP contribution in [0, 0.1) is 0 Å². The van der Waals surface area contributed by atoms with Crippen molar-refractivity contribution in [3.8, 4) is 0 Å². The molecule has 0 aromatic rings. The van der Waals surface area contributed by atoms with Gasteiger partial charge in [0.1, 0.15) is 0 Å². The van der Waals surface area contributed by atoms with E-state index in [-0.39, 0.29) is 6.42 Å². The number of carbonyl (C=O) groups is 1. The van der Waals surface area contributed by atoms with Crippen molar-refractivity contribution in [3.63, 3.8) is 0 Å². The summed E-state index contributed by atoms with van der Waals surface area (Å²) in [5, 5.41) is 13.1. The van der Waals surface area contributed by atoms with Gasteiger partial charge < -0.3 is 0 Å². The van der Waals surface area contributed by atoms with Crippen LogP contribution in [-0.2, 0) is 4.79 Å². The van der Waals surface area contributed by atoms with Gasteiger partial charge in [0.2, 0.25) is 5.91 Å². The maximum Gasteiger partial charge on any atom is 0.253 e. The van der Waals surface area contributed by atoms with Crippen LogP contribution in [-0.4, -0.2) is 11.7 Å². The fourth-order valence-electron chi connectivity index (χ4n) is 0.573. The predicted molar refractivity (Wildman–Crippen MR) is 33.6 cm³/mol. The molecule has 8 heteroatoms. The summed E-state index contributed by atoms with van der Waals surface area (Å²) in [7, 11) is 0. The lowest BCUT2D eigenvalue weighted by atomic mass is 10.2. The summed E-state index contributed by atoms with van der Waals surface area (Å²) < 4.78 is 0. The summed E-state index contributed by atoms with van der Waals surface area (Å²) in [4.78, 5) is 10.7. The molecule has 0 aromatic carbocycles. The van der Waals surface area contributed by atoms with Crippen molar-refractivity contribution in [3.05, 3.63) is 0 Å². The second-order valence-electron chi connectivity index (χ2n) is 2.00. The fraction of sp³-hybridized carbons (Fsp3) is 0.667. The van der Waals surface area contributed by atoms with Gasteiger partial charge in [0.05, 0.1) is 6.42 Å². The van der Waals surface area contributed by atoms with Crippen LogP contribution < -0.4 is 17.0 Å². The van der Waals surface area contributed by atoms with Crippen LogP contribution >= 0.6 is 0 Å². The van der Waals surface area contributed by atoms with E-state index in [1.807, 2.05) is 5.43 Å². The number of carbonyl (C=O) groups excluding carboxylic acids is 1. The third-order valence-electron chi connectivity index (χ3n) is 1.06. The molecule has 8 nitrogen and oxygen atoms in total. The Kier molecular flexibility index (Phi) is 1.87. The van der Waals surface area contributed by atoms with Crippen molar-refractivity contribution >= 4 is 5.91 Å². The van der Waals surface area contributed by atoms with Crippen molar-refractivity contribution in [2.24, 2.45) is 32.3 Å². The molecule has 5 N–H and O–H groups in total. The number of hydrogen-bond donors (Lipinski definition) is 3. The molecule has 0 unspecified atom stereocenters. The topological polar surface area (TPSA) is 131 Å². The zero-order valence-electron chi connectivity index (χ0n) is 5.56. The van der Waals surface area contributed by atoms with Gasteiger partial charge in [-0.15, -0.1) is 10.2 Å². The molecule has 1 aliphatic heterocycles. The van der Waals surface area contributed by atoms with Gasteiger partial charge in [0.15, 0.2) is 0 Å². The lowest BCUT2D eigenvalue weighted by molar-refractivity contribution is -0.122. The highest BCUT2D eigenvalue weighted by Crippen LogP contribution is 2.16. The van der Waals surface area contributed by atoms with Crippen LogP contribution in [0.2, 0.25) is 0 Å². The number of nitrogens with zero attached hydrogens (tertiary/aromatic N) is 4. The molecule has 0 fully saturated rings. The maximum absolute atomic E-state index is 10.7. The molecule has 0 saturated carbocycles. The molecule has 1 heterocycles. The molecule has 1 aliphatic rings. The van der Waals surface area contributed by atoms with Crippen molar-refractivity contribution in [1.29, 1.82) is 0 Å². The molecule has 0 saturated heterocycles. The lowest BCUT2D eigenvalue weighted by Crippen LogP contribution is -2.42. The van der Waals surface area contributed by atoms with Crippen molar-refractivity contribution in [2.75, 3.05) is 0 Å². The average molecular weight is 157 g/mol. The zero-order chi connectivity index (χ0) is 8.32. The minimum absolute atomic E-state index is 0.156. The summed E-state index contributed by atoms with van der Waals surface area (Å²) in [6.07, 6.45) is -0.156. The second kappa shape index (κ2) is 2.68. The molecule has 1 rings (SSSR count). The largest absolute Gasteiger partial charge is 0.294 e. The molecule has 0 spiro atoms. The first kappa shape index (κ1) is 7.69. The molecular weight excluding hydrogens is 150 g/mol. The molecular formula is C3H7N7O. The Morgan fingerprint density at radius 3 is 2.45 bits per heavy atom. The normalized spacial score (nSPS) is 18.7. The predicted octanol–water partition coefficient (Wildman–Crippen LogP) is -1.19. The van der Waals surface area contributed by atoms with Crippen molar-refractivity contribution in [1.82, 2.24) is 5.43 Å². The standard InChI is InChI=1S/C3H7N7O/c4-3(1-2(11)6-5)7-9-10-8-3/h1,4-5H2,(H,6,11). The number of nitrogens with two attached hydrogens (primary N) is 2. The van der Waals surface area contributed by atoms with Gasteiger partial charge in [0.25, 0.3) is 5.79 Å². The van der Waals surface area contributed by atoms with Crippen LogP contribution in [0.3, 0.4) is 0 Å². The molecule has 1 amide bonds. The number of nitrogens with one attached hydrogen (secondary N) is 1. The van der Waals surface area contributed by atoms with E-state index in [1.165, 1.54) is 0 Å². The Hall–Kier alpha value is -1.41. The van der Waals surface area contributed by atoms with E-state index in [9.17, 15) is 4.79 Å². The molecule has 0 bridgehead atoms. The molecule has 60 valence electrons. The Bertz CT molecular complexity index is 208. The number of hydrogen-bond acceptors (Lipinski definition) is 7. The minimum atomic E-state index is -1.36. The van der Waals surface area contributed by atoms with E-state index >= 15 is 0 Å². The van der Waals surface area contributed by atoms with E-state index in [0.717, 1.165) is 0 Å². The summed E-state index contributed by atoms with van der Waals surface area (Å²) in [5.41, 5.74) is 7.29. The van der Waals surface area contributed by atoms with Crippen LogP contribution in [0.25, 0.3) is 0 Å². The van der Waals surface area contributed by atoms with Gasteiger partial charge in [-0.1, -0.05) is 0 Å². The van der Waals surface area contributed by atoms with Crippen molar-refractivity contribution < 1.29 is 4.79 Å². The third kappa shape index (κ3) is 1.75. The first-order chi connectivity index (χ1) is 5.16. The van der Waals surface area contributed by atoms with Crippen LogP contribution in [0.4, 0.5) is 0 Å². The average Bonchev–Trinajstić information content (AvgIpc) is 2.36. The molecule has 11 heavy (non-hydrogen) atoms. The van der Waals surface area contributed by atoms with Gasteiger partial charge >= 0.3 is 0 Å². The van der Waals surface area contributed by atoms with E-state index in [1.54, 1.807) is 0 Å². The first-order valence-electron chi connectivity index (χ1n) is 2.79. The second-order valence-corrected chi connectivity index (χ2v) is 2.00.